The molecule has 6 nitrogen and oxygen atoms in total. The zero-order chi connectivity index (χ0) is 19.9. The molecule has 28 heavy (non-hydrogen) atoms. The molecule has 0 unspecified atom stereocenters. The van der Waals surface area contributed by atoms with Gasteiger partial charge in [-0.25, -0.2) is 4.90 Å². The van der Waals surface area contributed by atoms with Crippen LogP contribution in [0.5, 0.6) is 11.5 Å². The maximum atomic E-state index is 12.8. The summed E-state index contributed by atoms with van der Waals surface area (Å²) in [6.45, 7) is 5.29. The van der Waals surface area contributed by atoms with Crippen molar-refractivity contribution >= 4 is 23.2 Å². The molecule has 0 aromatic heterocycles. The predicted octanol–water partition coefficient (Wildman–Crippen LogP) is 4.01. The number of benzene rings is 2. The van der Waals surface area contributed by atoms with E-state index in [9.17, 15) is 9.59 Å². The molecule has 1 saturated heterocycles. The minimum atomic E-state index is -0.578. The molecule has 0 spiro atoms. The van der Waals surface area contributed by atoms with Gasteiger partial charge in [-0.15, -0.1) is 0 Å². The number of carbonyl (C=O) groups excluding carboxylic acids is 2. The number of hydrogen-bond donors (Lipinski definition) is 1. The molecule has 148 valence electrons. The largest absolute Gasteiger partial charge is 0.494 e. The third kappa shape index (κ3) is 4.63. The number of nitrogens with zero attached hydrogens (tertiary/aromatic N) is 1. The smallest absolute Gasteiger partial charge is 0.256 e. The van der Waals surface area contributed by atoms with Crippen molar-refractivity contribution in [3.63, 3.8) is 0 Å². The number of rotatable bonds is 9. The highest BCUT2D eigenvalue weighted by Gasteiger charge is 2.39. The van der Waals surface area contributed by atoms with Crippen molar-refractivity contribution in [2.45, 2.75) is 39.2 Å². The van der Waals surface area contributed by atoms with Gasteiger partial charge in [0.25, 0.3) is 5.91 Å². The summed E-state index contributed by atoms with van der Waals surface area (Å²) in [7, 11) is 0. The molecular formula is C22H26N2O4. The van der Waals surface area contributed by atoms with E-state index in [1.165, 1.54) is 4.90 Å². The van der Waals surface area contributed by atoms with Crippen LogP contribution in [0.2, 0.25) is 0 Å². The van der Waals surface area contributed by atoms with Crippen LogP contribution in [0.15, 0.2) is 48.5 Å². The van der Waals surface area contributed by atoms with Gasteiger partial charge in [0, 0.05) is 5.69 Å². The molecule has 1 aliphatic heterocycles. The van der Waals surface area contributed by atoms with Gasteiger partial charge in [-0.3, -0.25) is 9.59 Å². The second-order valence-electron chi connectivity index (χ2n) is 6.62. The van der Waals surface area contributed by atoms with E-state index < -0.39 is 6.04 Å². The number of hydrogen-bond acceptors (Lipinski definition) is 5. The van der Waals surface area contributed by atoms with E-state index in [0.29, 0.717) is 18.9 Å². The van der Waals surface area contributed by atoms with Crippen molar-refractivity contribution < 1.29 is 19.1 Å². The molecule has 1 heterocycles. The second kappa shape index (κ2) is 9.26. The van der Waals surface area contributed by atoms with E-state index in [4.69, 9.17) is 9.47 Å². The van der Waals surface area contributed by atoms with Gasteiger partial charge in [0.2, 0.25) is 5.91 Å². The average Bonchev–Trinajstić information content (AvgIpc) is 2.98. The van der Waals surface area contributed by atoms with E-state index in [-0.39, 0.29) is 18.2 Å². The maximum absolute atomic E-state index is 12.8. The summed E-state index contributed by atoms with van der Waals surface area (Å²) in [5, 5.41) is 3.14. The molecule has 2 aromatic rings. The average molecular weight is 382 g/mol. The van der Waals surface area contributed by atoms with E-state index in [2.05, 4.69) is 12.2 Å². The van der Waals surface area contributed by atoms with Crippen LogP contribution in [-0.4, -0.2) is 31.1 Å². The van der Waals surface area contributed by atoms with Crippen molar-refractivity contribution in [3.05, 3.63) is 48.5 Å². The highest BCUT2D eigenvalue weighted by Crippen LogP contribution is 2.27. The molecule has 1 fully saturated rings. The predicted molar refractivity (Wildman–Crippen MR) is 109 cm³/mol. The van der Waals surface area contributed by atoms with Crippen LogP contribution >= 0.6 is 0 Å². The molecule has 0 aliphatic carbocycles. The zero-order valence-electron chi connectivity index (χ0n) is 16.3. The first-order valence-corrected chi connectivity index (χ1v) is 9.71. The third-order valence-electron chi connectivity index (χ3n) is 4.51. The van der Waals surface area contributed by atoms with Crippen LogP contribution in [0.1, 0.15) is 33.1 Å². The summed E-state index contributed by atoms with van der Waals surface area (Å²) in [5.74, 6) is 1.04. The van der Waals surface area contributed by atoms with Crippen molar-refractivity contribution in [3.8, 4) is 11.5 Å². The Labute approximate surface area is 165 Å². The summed E-state index contributed by atoms with van der Waals surface area (Å²) in [5.41, 5.74) is 1.34. The quantitative estimate of drug-likeness (QED) is 0.524. The van der Waals surface area contributed by atoms with Gasteiger partial charge in [-0.1, -0.05) is 13.3 Å². The molecule has 1 atom stereocenters. The number of anilines is 2. The van der Waals surface area contributed by atoms with Crippen molar-refractivity contribution in [2.75, 3.05) is 23.4 Å². The fourth-order valence-electron chi connectivity index (χ4n) is 3.06. The van der Waals surface area contributed by atoms with Crippen LogP contribution in [-0.2, 0) is 9.59 Å². The summed E-state index contributed by atoms with van der Waals surface area (Å²) in [6.07, 6.45) is 2.18. The Morgan fingerprint density at radius 3 is 2.25 bits per heavy atom. The summed E-state index contributed by atoms with van der Waals surface area (Å²) in [4.78, 5) is 26.4. The third-order valence-corrected chi connectivity index (χ3v) is 4.51. The Hall–Kier alpha value is -3.02. The zero-order valence-corrected chi connectivity index (χ0v) is 16.3. The van der Waals surface area contributed by atoms with Gasteiger partial charge in [0.05, 0.1) is 25.3 Å². The lowest BCUT2D eigenvalue weighted by Crippen LogP contribution is -2.34. The summed E-state index contributed by atoms with van der Waals surface area (Å²) >= 11 is 0. The molecule has 0 saturated carbocycles. The Balaban J connectivity index is 1.64. The topological polar surface area (TPSA) is 67.9 Å². The standard InChI is InChI=1S/C22H26N2O4/c1-3-5-14-28-19-12-8-17(9-13-19)24-21(25)15-20(22(24)26)23-16-6-10-18(11-7-16)27-4-2/h6-13,20,23H,3-5,14-15H2,1-2H3/t20-/m0/s1. The van der Waals surface area contributed by atoms with Crippen molar-refractivity contribution in [1.82, 2.24) is 0 Å². The molecule has 6 heteroatoms. The first-order valence-electron chi connectivity index (χ1n) is 9.71. The van der Waals surface area contributed by atoms with E-state index in [1.807, 2.05) is 31.2 Å². The Bertz CT molecular complexity index is 802. The van der Waals surface area contributed by atoms with Crippen LogP contribution in [0.25, 0.3) is 0 Å². The number of unbranched alkanes of at least 4 members (excludes halogenated alkanes) is 1. The lowest BCUT2D eigenvalue weighted by Gasteiger charge is -2.17. The lowest BCUT2D eigenvalue weighted by atomic mass is 10.2. The first kappa shape index (κ1) is 19.7. The number of ether oxygens (including phenoxy) is 2. The fourth-order valence-corrected chi connectivity index (χ4v) is 3.06. The summed E-state index contributed by atoms with van der Waals surface area (Å²) < 4.78 is 11.1. The van der Waals surface area contributed by atoms with Crippen molar-refractivity contribution in [1.29, 1.82) is 0 Å². The Morgan fingerprint density at radius 1 is 0.964 bits per heavy atom. The highest BCUT2D eigenvalue weighted by molar-refractivity contribution is 6.23. The Kier molecular flexibility index (Phi) is 6.53. The van der Waals surface area contributed by atoms with Crippen molar-refractivity contribution in [2.24, 2.45) is 0 Å². The van der Waals surface area contributed by atoms with Gasteiger partial charge in [0.1, 0.15) is 17.5 Å². The molecule has 2 amide bonds. The monoisotopic (exact) mass is 382 g/mol. The van der Waals surface area contributed by atoms with Gasteiger partial charge in [0.15, 0.2) is 0 Å². The number of amides is 2. The van der Waals surface area contributed by atoms with Crippen LogP contribution in [0.3, 0.4) is 0 Å². The maximum Gasteiger partial charge on any atom is 0.256 e. The van der Waals surface area contributed by atoms with E-state index >= 15 is 0 Å². The fraction of sp³-hybridized carbons (Fsp3) is 0.364. The number of nitrogens with one attached hydrogen (secondary N) is 1. The molecule has 0 radical (unpaired) electrons. The van der Waals surface area contributed by atoms with Gasteiger partial charge in [-0.2, -0.15) is 0 Å². The second-order valence-corrected chi connectivity index (χ2v) is 6.62. The minimum absolute atomic E-state index is 0.126. The molecule has 1 aliphatic rings. The van der Waals surface area contributed by atoms with E-state index in [1.54, 1.807) is 24.3 Å². The van der Waals surface area contributed by atoms with Gasteiger partial charge < -0.3 is 14.8 Å². The van der Waals surface area contributed by atoms with Crippen LogP contribution < -0.4 is 19.7 Å². The minimum Gasteiger partial charge on any atom is -0.494 e. The number of imide groups is 1. The van der Waals surface area contributed by atoms with Gasteiger partial charge in [-0.05, 0) is 61.9 Å². The molecule has 0 bridgehead atoms. The first-order chi connectivity index (χ1) is 13.6. The Morgan fingerprint density at radius 2 is 1.61 bits per heavy atom. The number of carbonyl (C=O) groups is 2. The van der Waals surface area contributed by atoms with Crippen LogP contribution in [0.4, 0.5) is 11.4 Å². The highest BCUT2D eigenvalue weighted by atomic mass is 16.5. The summed E-state index contributed by atoms with van der Waals surface area (Å²) in [6, 6.07) is 13.8. The van der Waals surface area contributed by atoms with Crippen LogP contribution in [0, 0.1) is 0 Å². The molecular weight excluding hydrogens is 356 g/mol. The molecule has 2 aromatic carbocycles. The lowest BCUT2D eigenvalue weighted by molar-refractivity contribution is -0.121. The SMILES string of the molecule is CCCCOc1ccc(N2C(=O)C[C@H](Nc3ccc(OCC)cc3)C2=O)cc1. The molecule has 1 N–H and O–H groups in total. The molecule has 3 rings (SSSR count). The van der Waals surface area contributed by atoms with E-state index in [0.717, 1.165) is 30.0 Å². The normalized spacial score (nSPS) is 16.4. The van der Waals surface area contributed by atoms with Gasteiger partial charge >= 0.3 is 0 Å².